The summed E-state index contributed by atoms with van der Waals surface area (Å²) >= 11 is 10.5. The van der Waals surface area contributed by atoms with Gasteiger partial charge in [-0.25, -0.2) is 4.98 Å². The second-order valence-electron chi connectivity index (χ2n) is 3.88. The maximum absolute atomic E-state index is 11.8. The summed E-state index contributed by atoms with van der Waals surface area (Å²) in [6, 6.07) is 8.68. The first-order chi connectivity index (χ1) is 9.54. The van der Waals surface area contributed by atoms with Crippen molar-refractivity contribution >= 4 is 56.6 Å². The Bertz CT molecular complexity index is 622. The number of nitrogens with zero attached hydrogens (tertiary/aromatic N) is 1. The van der Waals surface area contributed by atoms with Gasteiger partial charge < -0.3 is 11.1 Å². The number of halogens is 2. The normalized spacial score (nSPS) is 10.3. The van der Waals surface area contributed by atoms with Crippen molar-refractivity contribution in [1.82, 2.24) is 4.98 Å². The van der Waals surface area contributed by atoms with Crippen molar-refractivity contribution in [3.05, 3.63) is 46.0 Å². The second kappa shape index (κ2) is 6.97. The van der Waals surface area contributed by atoms with Gasteiger partial charge in [-0.05, 0) is 46.3 Å². The van der Waals surface area contributed by atoms with Gasteiger partial charge >= 0.3 is 0 Å². The van der Waals surface area contributed by atoms with E-state index in [1.54, 1.807) is 24.4 Å². The first-order valence-electron chi connectivity index (χ1n) is 5.64. The van der Waals surface area contributed by atoms with E-state index in [4.69, 9.17) is 17.3 Å². The van der Waals surface area contributed by atoms with Gasteiger partial charge in [-0.15, -0.1) is 0 Å². The fraction of sp³-hybridized carbons (Fsp3) is 0.0769. The van der Waals surface area contributed by atoms with Crippen molar-refractivity contribution in [2.45, 2.75) is 5.03 Å². The van der Waals surface area contributed by atoms with Crippen molar-refractivity contribution in [2.24, 2.45) is 0 Å². The fourth-order valence-electron chi connectivity index (χ4n) is 1.42. The van der Waals surface area contributed by atoms with E-state index in [9.17, 15) is 4.79 Å². The van der Waals surface area contributed by atoms with E-state index in [0.29, 0.717) is 16.4 Å². The van der Waals surface area contributed by atoms with Gasteiger partial charge in [-0.2, -0.15) is 0 Å². The standard InChI is InChI=1S/C13H11BrClN3OS/c14-8-1-4-13(17-6-8)20-7-12(19)18-11-3-2-9(15)5-10(11)16/h1-6H,7,16H2,(H,18,19). The Morgan fingerprint density at radius 1 is 1.40 bits per heavy atom. The number of rotatable bonds is 4. The zero-order valence-corrected chi connectivity index (χ0v) is 13.4. The molecule has 0 aliphatic rings. The Morgan fingerprint density at radius 2 is 2.20 bits per heavy atom. The number of nitrogen functional groups attached to an aromatic ring is 1. The monoisotopic (exact) mass is 371 g/mol. The summed E-state index contributed by atoms with van der Waals surface area (Å²) < 4.78 is 0.903. The molecule has 1 aromatic heterocycles. The predicted octanol–water partition coefficient (Wildman–Crippen LogP) is 3.81. The Hall–Kier alpha value is -1.24. The van der Waals surface area contributed by atoms with Crippen LogP contribution in [0, 0.1) is 0 Å². The molecule has 1 amide bonds. The lowest BCUT2D eigenvalue weighted by molar-refractivity contribution is -0.113. The van der Waals surface area contributed by atoms with Crippen molar-refractivity contribution in [1.29, 1.82) is 0 Å². The van der Waals surface area contributed by atoms with Gasteiger partial charge in [0.1, 0.15) is 0 Å². The number of amides is 1. The molecule has 0 atom stereocenters. The Labute approximate surface area is 134 Å². The van der Waals surface area contributed by atoms with Crippen LogP contribution in [0.5, 0.6) is 0 Å². The molecule has 0 aliphatic heterocycles. The van der Waals surface area contributed by atoms with Crippen LogP contribution in [0.25, 0.3) is 0 Å². The smallest absolute Gasteiger partial charge is 0.234 e. The van der Waals surface area contributed by atoms with E-state index in [1.807, 2.05) is 12.1 Å². The molecule has 0 saturated carbocycles. The summed E-state index contributed by atoms with van der Waals surface area (Å²) in [6.45, 7) is 0. The summed E-state index contributed by atoms with van der Waals surface area (Å²) in [6.07, 6.45) is 1.69. The molecular weight excluding hydrogens is 362 g/mol. The van der Waals surface area contributed by atoms with Gasteiger partial charge in [0.05, 0.1) is 22.2 Å². The first kappa shape index (κ1) is 15.2. The number of thioether (sulfide) groups is 1. The lowest BCUT2D eigenvalue weighted by Gasteiger charge is -2.08. The lowest BCUT2D eigenvalue weighted by Crippen LogP contribution is -2.15. The van der Waals surface area contributed by atoms with Crippen LogP contribution in [0.2, 0.25) is 5.02 Å². The molecule has 20 heavy (non-hydrogen) atoms. The third-order valence-electron chi connectivity index (χ3n) is 2.34. The number of nitrogens with one attached hydrogen (secondary N) is 1. The maximum atomic E-state index is 11.8. The van der Waals surface area contributed by atoms with E-state index >= 15 is 0 Å². The van der Waals surface area contributed by atoms with Gasteiger partial charge in [0, 0.05) is 15.7 Å². The Morgan fingerprint density at radius 3 is 2.85 bits per heavy atom. The molecule has 4 nitrogen and oxygen atoms in total. The number of carbonyl (C=O) groups excluding carboxylic acids is 1. The van der Waals surface area contributed by atoms with Crippen molar-refractivity contribution < 1.29 is 4.79 Å². The minimum Gasteiger partial charge on any atom is -0.397 e. The maximum Gasteiger partial charge on any atom is 0.234 e. The van der Waals surface area contributed by atoms with Crippen molar-refractivity contribution in [3.63, 3.8) is 0 Å². The molecule has 2 rings (SSSR count). The number of benzene rings is 1. The van der Waals surface area contributed by atoms with E-state index < -0.39 is 0 Å². The highest BCUT2D eigenvalue weighted by Crippen LogP contribution is 2.23. The molecule has 1 aromatic carbocycles. The number of hydrogen-bond acceptors (Lipinski definition) is 4. The molecule has 3 N–H and O–H groups in total. The predicted molar refractivity (Wildman–Crippen MR) is 87.2 cm³/mol. The third kappa shape index (κ3) is 4.40. The van der Waals surface area contributed by atoms with Crippen LogP contribution < -0.4 is 11.1 Å². The summed E-state index contributed by atoms with van der Waals surface area (Å²) in [7, 11) is 0. The minimum absolute atomic E-state index is 0.145. The summed E-state index contributed by atoms with van der Waals surface area (Å²) in [5.74, 6) is 0.116. The Balaban J connectivity index is 1.90. The van der Waals surface area contributed by atoms with Crippen LogP contribution in [0.1, 0.15) is 0 Å². The van der Waals surface area contributed by atoms with Gasteiger partial charge in [-0.1, -0.05) is 23.4 Å². The van der Waals surface area contributed by atoms with Gasteiger partial charge in [-0.3, -0.25) is 4.79 Å². The SMILES string of the molecule is Nc1cc(Cl)ccc1NC(=O)CSc1ccc(Br)cn1. The summed E-state index contributed by atoms with van der Waals surface area (Å²) in [4.78, 5) is 16.0. The van der Waals surface area contributed by atoms with Crippen LogP contribution in [-0.4, -0.2) is 16.6 Å². The van der Waals surface area contributed by atoms with Gasteiger partial charge in [0.15, 0.2) is 0 Å². The van der Waals surface area contributed by atoms with Gasteiger partial charge in [0.25, 0.3) is 0 Å². The van der Waals surface area contributed by atoms with Crippen LogP contribution in [0.15, 0.2) is 46.0 Å². The number of pyridine rings is 1. The molecule has 0 aliphatic carbocycles. The highest BCUT2D eigenvalue weighted by Gasteiger charge is 2.07. The summed E-state index contributed by atoms with van der Waals surface area (Å²) in [5.41, 5.74) is 6.77. The first-order valence-corrected chi connectivity index (χ1v) is 7.79. The van der Waals surface area contributed by atoms with Crippen LogP contribution in [0.3, 0.4) is 0 Å². The zero-order chi connectivity index (χ0) is 14.5. The number of anilines is 2. The number of aromatic nitrogens is 1. The lowest BCUT2D eigenvalue weighted by atomic mass is 10.2. The molecule has 1 heterocycles. The molecule has 0 fully saturated rings. The van der Waals surface area contributed by atoms with Gasteiger partial charge in [0.2, 0.25) is 5.91 Å². The van der Waals surface area contributed by atoms with Crippen LogP contribution in [-0.2, 0) is 4.79 Å². The summed E-state index contributed by atoms with van der Waals surface area (Å²) in [5, 5.41) is 4.06. The highest BCUT2D eigenvalue weighted by atomic mass is 79.9. The molecule has 0 spiro atoms. The fourth-order valence-corrected chi connectivity index (χ4v) is 2.48. The largest absolute Gasteiger partial charge is 0.397 e. The highest BCUT2D eigenvalue weighted by molar-refractivity contribution is 9.10. The zero-order valence-electron chi connectivity index (χ0n) is 10.3. The van der Waals surface area contributed by atoms with E-state index in [2.05, 4.69) is 26.2 Å². The molecule has 0 saturated heterocycles. The van der Waals surface area contributed by atoms with E-state index in [-0.39, 0.29) is 11.7 Å². The molecule has 104 valence electrons. The molecule has 0 radical (unpaired) electrons. The average Bonchev–Trinajstić information content (AvgIpc) is 2.41. The number of carbonyl (C=O) groups is 1. The average molecular weight is 373 g/mol. The van der Waals surface area contributed by atoms with Crippen molar-refractivity contribution in [2.75, 3.05) is 16.8 Å². The molecule has 0 bridgehead atoms. The van der Waals surface area contributed by atoms with Crippen molar-refractivity contribution in [3.8, 4) is 0 Å². The molecule has 0 unspecified atom stereocenters. The Kier molecular flexibility index (Phi) is 5.28. The van der Waals surface area contributed by atoms with Crippen LogP contribution in [0.4, 0.5) is 11.4 Å². The van der Waals surface area contributed by atoms with Crippen LogP contribution >= 0.6 is 39.3 Å². The minimum atomic E-state index is -0.145. The topological polar surface area (TPSA) is 68.0 Å². The second-order valence-corrected chi connectivity index (χ2v) is 6.23. The number of nitrogens with two attached hydrogens (primary N) is 1. The number of hydrogen-bond donors (Lipinski definition) is 2. The molecular formula is C13H11BrClN3OS. The quantitative estimate of drug-likeness (QED) is 0.632. The third-order valence-corrected chi connectivity index (χ3v) is 3.99. The molecule has 7 heteroatoms. The van der Waals surface area contributed by atoms with E-state index in [0.717, 1.165) is 9.50 Å². The molecule has 2 aromatic rings. The van der Waals surface area contributed by atoms with E-state index in [1.165, 1.54) is 11.8 Å².